The van der Waals surface area contributed by atoms with E-state index >= 15 is 0 Å². The highest BCUT2D eigenvalue weighted by atomic mass is 32.1. The minimum absolute atomic E-state index is 0.0224. The van der Waals surface area contributed by atoms with Gasteiger partial charge < -0.3 is 15.1 Å². The van der Waals surface area contributed by atoms with Gasteiger partial charge in [-0.15, -0.1) is 11.3 Å². The zero-order chi connectivity index (χ0) is 18.5. The van der Waals surface area contributed by atoms with Crippen molar-refractivity contribution in [3.05, 3.63) is 71.1 Å². The Bertz CT molecular complexity index is 857. The average Bonchev–Trinajstić information content (AvgIpc) is 3.22. The van der Waals surface area contributed by atoms with E-state index in [9.17, 15) is 4.79 Å². The number of hydrogen-bond acceptors (Lipinski definition) is 5. The summed E-state index contributed by atoms with van der Waals surface area (Å²) in [6, 6.07) is 18.1. The first-order chi connectivity index (χ1) is 13.3. The molecule has 4 rings (SSSR count). The molecule has 1 amide bonds. The van der Waals surface area contributed by atoms with Crippen LogP contribution in [0.3, 0.4) is 0 Å². The maximum Gasteiger partial charge on any atom is 0.229 e. The lowest BCUT2D eigenvalue weighted by atomic mass is 10.2. The summed E-state index contributed by atoms with van der Waals surface area (Å²) in [5.41, 5.74) is 2.03. The van der Waals surface area contributed by atoms with E-state index in [1.807, 2.05) is 48.0 Å². The number of rotatable bonds is 5. The van der Waals surface area contributed by atoms with E-state index in [1.54, 1.807) is 11.3 Å². The van der Waals surface area contributed by atoms with Gasteiger partial charge in [-0.3, -0.25) is 4.79 Å². The van der Waals surface area contributed by atoms with Gasteiger partial charge in [0, 0.05) is 48.6 Å². The number of hydrogen-bond donors (Lipinski definition) is 1. The van der Waals surface area contributed by atoms with Gasteiger partial charge in [0.15, 0.2) is 0 Å². The summed E-state index contributed by atoms with van der Waals surface area (Å²) in [5, 5.41) is 4.96. The number of amides is 1. The number of thiophene rings is 1. The van der Waals surface area contributed by atoms with Crippen molar-refractivity contribution in [2.75, 3.05) is 41.3 Å². The van der Waals surface area contributed by atoms with Gasteiger partial charge in [-0.25, -0.2) is 4.98 Å². The smallest absolute Gasteiger partial charge is 0.229 e. The molecular formula is C21H22N4OS. The van der Waals surface area contributed by atoms with Crippen LogP contribution in [-0.2, 0) is 11.2 Å². The first-order valence-electron chi connectivity index (χ1n) is 9.11. The number of nitrogens with zero attached hydrogens (tertiary/aromatic N) is 3. The lowest BCUT2D eigenvalue weighted by Gasteiger charge is -2.36. The second-order valence-electron chi connectivity index (χ2n) is 6.51. The third-order valence-electron chi connectivity index (χ3n) is 4.68. The van der Waals surface area contributed by atoms with Crippen molar-refractivity contribution in [1.29, 1.82) is 0 Å². The molecule has 1 aliphatic rings. The molecule has 27 heavy (non-hydrogen) atoms. The molecule has 0 unspecified atom stereocenters. The molecule has 138 valence electrons. The molecule has 1 aromatic carbocycles. The molecule has 0 radical (unpaired) electrons. The molecule has 6 heteroatoms. The monoisotopic (exact) mass is 378 g/mol. The standard InChI is InChI=1S/C21H22N4OS/c26-21(16-19-4-3-15-27-19)23-17-6-8-18(9-7-17)24-11-13-25(14-12-24)20-5-1-2-10-22-20/h1-10,15H,11-14,16H2,(H,23,26). The minimum Gasteiger partial charge on any atom is -0.368 e. The fourth-order valence-corrected chi connectivity index (χ4v) is 3.97. The van der Waals surface area contributed by atoms with Crippen molar-refractivity contribution >= 4 is 34.4 Å². The fraction of sp³-hybridized carbons (Fsp3) is 0.238. The lowest BCUT2D eigenvalue weighted by Crippen LogP contribution is -2.46. The van der Waals surface area contributed by atoms with E-state index in [1.165, 1.54) is 5.69 Å². The van der Waals surface area contributed by atoms with E-state index in [-0.39, 0.29) is 5.91 Å². The maximum absolute atomic E-state index is 12.1. The third-order valence-corrected chi connectivity index (χ3v) is 5.56. The highest BCUT2D eigenvalue weighted by Crippen LogP contribution is 2.21. The highest BCUT2D eigenvalue weighted by Gasteiger charge is 2.18. The van der Waals surface area contributed by atoms with Gasteiger partial charge >= 0.3 is 0 Å². The number of carbonyl (C=O) groups excluding carboxylic acids is 1. The topological polar surface area (TPSA) is 48.5 Å². The third kappa shape index (κ3) is 4.46. The van der Waals surface area contributed by atoms with E-state index in [0.29, 0.717) is 6.42 Å². The van der Waals surface area contributed by atoms with E-state index in [4.69, 9.17) is 0 Å². The summed E-state index contributed by atoms with van der Waals surface area (Å²) in [6.07, 6.45) is 2.27. The molecule has 1 fully saturated rings. The Kier molecular flexibility index (Phi) is 5.34. The van der Waals surface area contributed by atoms with Crippen LogP contribution in [0, 0.1) is 0 Å². The first-order valence-corrected chi connectivity index (χ1v) is 9.99. The van der Waals surface area contributed by atoms with Crippen LogP contribution in [0.2, 0.25) is 0 Å². The van der Waals surface area contributed by atoms with Gasteiger partial charge in [-0.2, -0.15) is 0 Å². The first kappa shape index (κ1) is 17.5. The molecule has 0 aliphatic carbocycles. The maximum atomic E-state index is 12.1. The van der Waals surface area contributed by atoms with Crippen LogP contribution in [-0.4, -0.2) is 37.1 Å². The van der Waals surface area contributed by atoms with Crippen molar-refractivity contribution in [2.24, 2.45) is 0 Å². The molecule has 1 aliphatic heterocycles. The van der Waals surface area contributed by atoms with Crippen molar-refractivity contribution < 1.29 is 4.79 Å². The van der Waals surface area contributed by atoms with Crippen molar-refractivity contribution in [3.8, 4) is 0 Å². The summed E-state index contributed by atoms with van der Waals surface area (Å²) in [4.78, 5) is 22.3. The summed E-state index contributed by atoms with van der Waals surface area (Å²) in [6.45, 7) is 3.83. The van der Waals surface area contributed by atoms with E-state index in [0.717, 1.165) is 42.6 Å². The zero-order valence-corrected chi connectivity index (χ0v) is 15.9. The number of aromatic nitrogens is 1. The van der Waals surface area contributed by atoms with Gasteiger partial charge in [0.2, 0.25) is 5.91 Å². The molecule has 3 heterocycles. The Balaban J connectivity index is 1.31. The molecule has 0 saturated carbocycles. The molecule has 0 atom stereocenters. The molecule has 1 N–H and O–H groups in total. The fourth-order valence-electron chi connectivity index (χ4n) is 3.27. The van der Waals surface area contributed by atoms with Gasteiger partial charge in [0.05, 0.1) is 6.42 Å². The summed E-state index contributed by atoms with van der Waals surface area (Å²) in [5.74, 6) is 1.06. The van der Waals surface area contributed by atoms with Crippen LogP contribution in [0.15, 0.2) is 66.2 Å². The molecule has 1 saturated heterocycles. The molecule has 5 nitrogen and oxygen atoms in total. The normalized spacial score (nSPS) is 14.2. The van der Waals surface area contributed by atoms with Crippen LogP contribution < -0.4 is 15.1 Å². The van der Waals surface area contributed by atoms with Crippen LogP contribution in [0.1, 0.15) is 4.88 Å². The number of benzene rings is 1. The Morgan fingerprint density at radius 2 is 1.74 bits per heavy atom. The largest absolute Gasteiger partial charge is 0.368 e. The average molecular weight is 379 g/mol. The number of carbonyl (C=O) groups is 1. The lowest BCUT2D eigenvalue weighted by molar-refractivity contribution is -0.115. The molecule has 0 spiro atoms. The van der Waals surface area contributed by atoms with Crippen molar-refractivity contribution in [3.63, 3.8) is 0 Å². The quantitative estimate of drug-likeness (QED) is 0.736. The summed E-state index contributed by atoms with van der Waals surface area (Å²) < 4.78 is 0. The van der Waals surface area contributed by atoms with Crippen LogP contribution in [0.4, 0.5) is 17.2 Å². The number of piperazine rings is 1. The number of pyridine rings is 1. The van der Waals surface area contributed by atoms with Gasteiger partial charge in [0.1, 0.15) is 5.82 Å². The Morgan fingerprint density at radius 3 is 2.41 bits per heavy atom. The number of anilines is 3. The van der Waals surface area contributed by atoms with Gasteiger partial charge in [-0.05, 0) is 47.8 Å². The predicted molar refractivity (Wildman–Crippen MR) is 112 cm³/mol. The minimum atomic E-state index is 0.0224. The Hall–Kier alpha value is -2.86. The second-order valence-corrected chi connectivity index (χ2v) is 7.55. The SMILES string of the molecule is O=C(Cc1cccs1)Nc1ccc(N2CCN(c3ccccn3)CC2)cc1. The van der Waals surface area contributed by atoms with Crippen LogP contribution in [0.25, 0.3) is 0 Å². The predicted octanol–water partition coefficient (Wildman–Crippen LogP) is 3.65. The summed E-state index contributed by atoms with van der Waals surface area (Å²) >= 11 is 1.61. The van der Waals surface area contributed by atoms with E-state index < -0.39 is 0 Å². The van der Waals surface area contributed by atoms with Gasteiger partial charge in [0.25, 0.3) is 0 Å². The number of nitrogens with one attached hydrogen (secondary N) is 1. The van der Waals surface area contributed by atoms with E-state index in [2.05, 4.69) is 38.3 Å². The Labute approximate surface area is 163 Å². The second kappa shape index (κ2) is 8.22. The summed E-state index contributed by atoms with van der Waals surface area (Å²) in [7, 11) is 0. The van der Waals surface area contributed by atoms with Crippen molar-refractivity contribution in [1.82, 2.24) is 4.98 Å². The molecule has 0 bridgehead atoms. The highest BCUT2D eigenvalue weighted by molar-refractivity contribution is 7.10. The molecular weight excluding hydrogens is 356 g/mol. The van der Waals surface area contributed by atoms with Crippen LogP contribution >= 0.6 is 11.3 Å². The van der Waals surface area contributed by atoms with Crippen LogP contribution in [0.5, 0.6) is 0 Å². The molecule has 3 aromatic rings. The van der Waals surface area contributed by atoms with Gasteiger partial charge in [-0.1, -0.05) is 12.1 Å². The zero-order valence-electron chi connectivity index (χ0n) is 15.0. The molecule has 2 aromatic heterocycles. The Morgan fingerprint density at radius 1 is 0.963 bits per heavy atom. The van der Waals surface area contributed by atoms with Crippen molar-refractivity contribution in [2.45, 2.75) is 6.42 Å².